The van der Waals surface area contributed by atoms with Gasteiger partial charge in [-0.15, -0.1) is 0 Å². The van der Waals surface area contributed by atoms with Crippen LogP contribution in [0.1, 0.15) is 17.4 Å². The van der Waals surface area contributed by atoms with E-state index in [1.54, 1.807) is 6.07 Å². The zero-order valence-electron chi connectivity index (χ0n) is 10.5. The maximum absolute atomic E-state index is 13.3. The third kappa shape index (κ3) is 2.24. The largest absolute Gasteiger partial charge is 0.379 e. The van der Waals surface area contributed by atoms with Gasteiger partial charge < -0.3 is 15.0 Å². The van der Waals surface area contributed by atoms with Crippen LogP contribution >= 0.6 is 0 Å². The molecule has 0 radical (unpaired) electrons. The van der Waals surface area contributed by atoms with Crippen LogP contribution in [0.15, 0.2) is 22.7 Å². The van der Waals surface area contributed by atoms with Gasteiger partial charge >= 0.3 is 0 Å². The average molecular weight is 263 g/mol. The van der Waals surface area contributed by atoms with E-state index >= 15 is 0 Å². The summed E-state index contributed by atoms with van der Waals surface area (Å²) in [6, 6.07) is 4.35. The standard InChI is InChI=1S/C13H14FN3O2/c1-7-2-3-8(14)4-9(7)12-16-13(19-17-12)10-5-18-6-11(10)15/h2-4,10-11H,5-6,15H2,1H3. The smallest absolute Gasteiger partial charge is 0.234 e. The van der Waals surface area contributed by atoms with Crippen molar-refractivity contribution in [2.24, 2.45) is 5.73 Å². The highest BCUT2D eigenvalue weighted by molar-refractivity contribution is 5.59. The first-order chi connectivity index (χ1) is 9.15. The Morgan fingerprint density at radius 2 is 2.21 bits per heavy atom. The molecule has 0 aliphatic carbocycles. The zero-order valence-corrected chi connectivity index (χ0v) is 10.5. The number of nitrogens with zero attached hydrogens (tertiary/aromatic N) is 2. The molecule has 2 aromatic rings. The van der Waals surface area contributed by atoms with Crippen LogP contribution in [0.25, 0.3) is 11.4 Å². The maximum atomic E-state index is 13.3. The fourth-order valence-corrected chi connectivity index (χ4v) is 2.16. The molecule has 0 amide bonds. The molecule has 1 fully saturated rings. The second-order valence-corrected chi connectivity index (χ2v) is 4.72. The molecule has 0 saturated carbocycles. The minimum absolute atomic E-state index is 0.0879. The van der Waals surface area contributed by atoms with Crippen molar-refractivity contribution in [1.29, 1.82) is 0 Å². The van der Waals surface area contributed by atoms with Gasteiger partial charge in [-0.2, -0.15) is 4.98 Å². The van der Waals surface area contributed by atoms with Crippen molar-refractivity contribution in [2.75, 3.05) is 13.2 Å². The zero-order chi connectivity index (χ0) is 13.4. The lowest BCUT2D eigenvalue weighted by Gasteiger charge is -2.06. The van der Waals surface area contributed by atoms with Crippen LogP contribution in [0, 0.1) is 12.7 Å². The second-order valence-electron chi connectivity index (χ2n) is 4.72. The highest BCUT2D eigenvalue weighted by Crippen LogP contribution is 2.27. The van der Waals surface area contributed by atoms with Crippen LogP contribution in [0.5, 0.6) is 0 Å². The van der Waals surface area contributed by atoms with Gasteiger partial charge in [-0.25, -0.2) is 4.39 Å². The number of hydrogen-bond acceptors (Lipinski definition) is 5. The molecule has 6 heteroatoms. The van der Waals surface area contributed by atoms with E-state index in [-0.39, 0.29) is 17.8 Å². The normalized spacial score (nSPS) is 22.9. The summed E-state index contributed by atoms with van der Waals surface area (Å²) in [7, 11) is 0. The number of nitrogens with two attached hydrogens (primary N) is 1. The van der Waals surface area contributed by atoms with Crippen LogP contribution in [0.3, 0.4) is 0 Å². The van der Waals surface area contributed by atoms with E-state index in [4.69, 9.17) is 15.0 Å². The van der Waals surface area contributed by atoms with E-state index in [0.29, 0.717) is 30.5 Å². The third-order valence-corrected chi connectivity index (χ3v) is 3.32. The minimum atomic E-state index is -0.326. The van der Waals surface area contributed by atoms with Gasteiger partial charge in [-0.05, 0) is 24.6 Å². The number of aryl methyl sites for hydroxylation is 1. The molecule has 0 spiro atoms. The predicted octanol–water partition coefficient (Wildman–Crippen LogP) is 1.63. The lowest BCUT2D eigenvalue weighted by molar-refractivity contribution is 0.187. The Bertz CT molecular complexity index is 599. The predicted molar refractivity (Wildman–Crippen MR) is 66.0 cm³/mol. The van der Waals surface area contributed by atoms with Gasteiger partial charge in [0.2, 0.25) is 11.7 Å². The Kier molecular flexibility index (Phi) is 3.04. The topological polar surface area (TPSA) is 74.2 Å². The van der Waals surface area contributed by atoms with Crippen molar-refractivity contribution in [2.45, 2.75) is 18.9 Å². The molecular weight excluding hydrogens is 249 g/mol. The fourth-order valence-electron chi connectivity index (χ4n) is 2.16. The Balaban J connectivity index is 1.94. The summed E-state index contributed by atoms with van der Waals surface area (Å²) in [4.78, 5) is 4.31. The quantitative estimate of drug-likeness (QED) is 0.891. The number of aromatic nitrogens is 2. The summed E-state index contributed by atoms with van der Waals surface area (Å²) in [5.41, 5.74) is 7.42. The molecule has 19 heavy (non-hydrogen) atoms. The fraction of sp³-hybridized carbons (Fsp3) is 0.385. The first-order valence-electron chi connectivity index (χ1n) is 6.08. The van der Waals surface area contributed by atoms with Gasteiger partial charge in [-0.3, -0.25) is 0 Å². The van der Waals surface area contributed by atoms with E-state index < -0.39 is 0 Å². The first kappa shape index (κ1) is 12.3. The van der Waals surface area contributed by atoms with Gasteiger partial charge in [0.15, 0.2) is 0 Å². The molecule has 1 aliphatic rings. The van der Waals surface area contributed by atoms with Crippen molar-refractivity contribution < 1.29 is 13.7 Å². The monoisotopic (exact) mass is 263 g/mol. The first-order valence-corrected chi connectivity index (χ1v) is 6.08. The number of benzene rings is 1. The molecule has 2 heterocycles. The summed E-state index contributed by atoms with van der Waals surface area (Å²) >= 11 is 0. The van der Waals surface area contributed by atoms with E-state index in [1.165, 1.54) is 12.1 Å². The molecule has 1 aliphatic heterocycles. The minimum Gasteiger partial charge on any atom is -0.379 e. The molecule has 3 rings (SSSR count). The summed E-state index contributed by atoms with van der Waals surface area (Å²) in [5.74, 6) is 0.415. The van der Waals surface area contributed by atoms with Gasteiger partial charge in [0.05, 0.1) is 19.1 Å². The van der Waals surface area contributed by atoms with Gasteiger partial charge in [-0.1, -0.05) is 11.2 Å². The van der Waals surface area contributed by atoms with Crippen molar-refractivity contribution in [1.82, 2.24) is 10.1 Å². The van der Waals surface area contributed by atoms with Crippen LogP contribution in [-0.2, 0) is 4.74 Å². The second kappa shape index (κ2) is 4.71. The summed E-state index contributed by atoms with van der Waals surface area (Å²) < 4.78 is 23.8. The van der Waals surface area contributed by atoms with Gasteiger partial charge in [0.1, 0.15) is 5.82 Å². The number of rotatable bonds is 2. The van der Waals surface area contributed by atoms with Gasteiger partial charge in [0.25, 0.3) is 0 Å². The molecule has 100 valence electrons. The SMILES string of the molecule is Cc1ccc(F)cc1-c1noc(C2COCC2N)n1. The molecule has 1 aromatic heterocycles. The Labute approximate surface area is 109 Å². The molecular formula is C13H14FN3O2. The average Bonchev–Trinajstić information content (AvgIpc) is 3.00. The molecule has 5 nitrogen and oxygen atoms in total. The van der Waals surface area contributed by atoms with Crippen molar-refractivity contribution in [3.05, 3.63) is 35.5 Å². The Morgan fingerprint density at radius 3 is 2.95 bits per heavy atom. The highest BCUT2D eigenvalue weighted by atomic mass is 19.1. The third-order valence-electron chi connectivity index (χ3n) is 3.32. The van der Waals surface area contributed by atoms with Crippen LogP contribution < -0.4 is 5.73 Å². The van der Waals surface area contributed by atoms with Crippen molar-refractivity contribution >= 4 is 0 Å². The van der Waals surface area contributed by atoms with Crippen molar-refractivity contribution in [3.63, 3.8) is 0 Å². The molecule has 2 N–H and O–H groups in total. The van der Waals surface area contributed by atoms with E-state index in [9.17, 15) is 4.39 Å². The lowest BCUT2D eigenvalue weighted by atomic mass is 10.0. The van der Waals surface area contributed by atoms with E-state index in [0.717, 1.165) is 5.56 Å². The summed E-state index contributed by atoms with van der Waals surface area (Å²) in [6.45, 7) is 2.83. The number of ether oxygens (including phenoxy) is 1. The van der Waals surface area contributed by atoms with Crippen LogP contribution in [0.2, 0.25) is 0 Å². The Morgan fingerprint density at radius 1 is 1.37 bits per heavy atom. The summed E-state index contributed by atoms with van der Waals surface area (Å²) in [6.07, 6.45) is 0. The summed E-state index contributed by atoms with van der Waals surface area (Å²) in [5, 5.41) is 3.90. The highest BCUT2D eigenvalue weighted by Gasteiger charge is 2.31. The molecule has 1 saturated heterocycles. The number of hydrogen-bond donors (Lipinski definition) is 1. The van der Waals surface area contributed by atoms with Crippen molar-refractivity contribution in [3.8, 4) is 11.4 Å². The van der Waals surface area contributed by atoms with E-state index in [1.807, 2.05) is 6.92 Å². The van der Waals surface area contributed by atoms with Gasteiger partial charge in [0, 0.05) is 11.6 Å². The molecule has 2 unspecified atom stereocenters. The molecule has 1 aromatic carbocycles. The van der Waals surface area contributed by atoms with Crippen LogP contribution in [-0.4, -0.2) is 29.4 Å². The maximum Gasteiger partial charge on any atom is 0.234 e. The van der Waals surface area contributed by atoms with Crippen LogP contribution in [0.4, 0.5) is 4.39 Å². The van der Waals surface area contributed by atoms with E-state index in [2.05, 4.69) is 10.1 Å². The molecule has 2 atom stereocenters. The lowest BCUT2D eigenvalue weighted by Crippen LogP contribution is -2.26. The molecule has 0 bridgehead atoms. The number of halogens is 1. The Hall–Kier alpha value is -1.79.